The van der Waals surface area contributed by atoms with Crippen molar-refractivity contribution in [2.75, 3.05) is 7.11 Å². The fourth-order valence-electron chi connectivity index (χ4n) is 1.94. The highest BCUT2D eigenvalue weighted by Gasteiger charge is 2.10. The lowest BCUT2D eigenvalue weighted by molar-refractivity contribution is 0.0601. The molecule has 0 saturated heterocycles. The van der Waals surface area contributed by atoms with Crippen LogP contribution in [0.25, 0.3) is 10.9 Å². The summed E-state index contributed by atoms with van der Waals surface area (Å²) < 4.78 is 4.71. The van der Waals surface area contributed by atoms with Gasteiger partial charge in [-0.05, 0) is 37.1 Å². The van der Waals surface area contributed by atoms with Gasteiger partial charge in [0, 0.05) is 23.1 Å². The highest BCUT2D eigenvalue weighted by atomic mass is 16.5. The van der Waals surface area contributed by atoms with Gasteiger partial charge in [-0.15, -0.1) is 0 Å². The Kier molecular flexibility index (Phi) is 3.15. The largest absolute Gasteiger partial charge is 0.465 e. The van der Waals surface area contributed by atoms with E-state index in [1.807, 2.05) is 25.3 Å². The molecule has 90 valence electrons. The third kappa shape index (κ3) is 2.31. The number of esters is 1. The molecule has 0 saturated carbocycles. The second-order valence-corrected chi connectivity index (χ2v) is 4.25. The number of aromatic nitrogens is 1. The summed E-state index contributed by atoms with van der Waals surface area (Å²) in [4.78, 5) is 14.6. The number of H-pyrrole nitrogens is 1. The highest BCUT2D eigenvalue weighted by Crippen LogP contribution is 2.21. The molecule has 1 atom stereocenters. The number of ether oxygens (including phenoxy) is 1. The molecule has 2 rings (SSSR count). The van der Waals surface area contributed by atoms with E-state index in [1.54, 1.807) is 6.07 Å². The van der Waals surface area contributed by atoms with Crippen molar-refractivity contribution in [2.24, 2.45) is 5.73 Å². The molecular weight excluding hydrogens is 216 g/mol. The monoisotopic (exact) mass is 232 g/mol. The first-order valence-corrected chi connectivity index (χ1v) is 5.55. The summed E-state index contributed by atoms with van der Waals surface area (Å²) in [6, 6.07) is 5.57. The summed E-state index contributed by atoms with van der Waals surface area (Å²) in [5.74, 6) is -0.320. The van der Waals surface area contributed by atoms with Crippen molar-refractivity contribution in [2.45, 2.75) is 19.4 Å². The van der Waals surface area contributed by atoms with Crippen LogP contribution in [0.1, 0.15) is 22.8 Å². The zero-order valence-corrected chi connectivity index (χ0v) is 9.99. The van der Waals surface area contributed by atoms with Crippen LogP contribution in [-0.2, 0) is 11.2 Å². The Morgan fingerprint density at radius 1 is 1.53 bits per heavy atom. The molecule has 4 heteroatoms. The molecule has 17 heavy (non-hydrogen) atoms. The molecule has 0 aliphatic heterocycles. The molecule has 3 N–H and O–H groups in total. The van der Waals surface area contributed by atoms with Gasteiger partial charge in [0.1, 0.15) is 0 Å². The number of benzene rings is 1. The van der Waals surface area contributed by atoms with Crippen molar-refractivity contribution in [3.63, 3.8) is 0 Å². The molecular formula is C13H16N2O2. The number of aromatic amines is 1. The van der Waals surface area contributed by atoms with Gasteiger partial charge in [-0.25, -0.2) is 4.79 Å². The first-order valence-electron chi connectivity index (χ1n) is 5.55. The Morgan fingerprint density at radius 3 is 2.94 bits per heavy atom. The van der Waals surface area contributed by atoms with E-state index in [9.17, 15) is 4.79 Å². The molecule has 0 fully saturated rings. The summed E-state index contributed by atoms with van der Waals surface area (Å²) in [5, 5.41) is 1.03. The molecule has 1 heterocycles. The van der Waals surface area contributed by atoms with E-state index < -0.39 is 0 Å². The molecule has 0 bridgehead atoms. The fraction of sp³-hybridized carbons (Fsp3) is 0.308. The van der Waals surface area contributed by atoms with E-state index in [1.165, 1.54) is 7.11 Å². The summed E-state index contributed by atoms with van der Waals surface area (Å²) >= 11 is 0. The van der Waals surface area contributed by atoms with Crippen LogP contribution in [0.15, 0.2) is 24.4 Å². The maximum atomic E-state index is 11.5. The Morgan fingerprint density at radius 2 is 2.29 bits per heavy atom. The van der Waals surface area contributed by atoms with Crippen molar-refractivity contribution in [1.29, 1.82) is 0 Å². The lowest BCUT2D eigenvalue weighted by Gasteiger charge is -2.04. The number of hydrogen-bond acceptors (Lipinski definition) is 3. The number of carbonyl (C=O) groups excluding carboxylic acids is 1. The van der Waals surface area contributed by atoms with Gasteiger partial charge in [0.2, 0.25) is 0 Å². The summed E-state index contributed by atoms with van der Waals surface area (Å²) in [5.41, 5.74) is 8.49. The van der Waals surface area contributed by atoms with Crippen LogP contribution in [0.3, 0.4) is 0 Å². The smallest absolute Gasteiger partial charge is 0.337 e. The standard InChI is InChI=1S/C13H16N2O2/c1-8(14)5-10-7-15-12-4-3-9(6-11(10)12)13(16)17-2/h3-4,6-8,15H,5,14H2,1-2H3. The van der Waals surface area contributed by atoms with Crippen LogP contribution >= 0.6 is 0 Å². The van der Waals surface area contributed by atoms with Crippen LogP contribution in [0.2, 0.25) is 0 Å². The second-order valence-electron chi connectivity index (χ2n) is 4.25. The number of fused-ring (bicyclic) bond motifs is 1. The average molecular weight is 232 g/mol. The number of nitrogens with one attached hydrogen (secondary N) is 1. The number of methoxy groups -OCH3 is 1. The quantitative estimate of drug-likeness (QED) is 0.793. The average Bonchev–Trinajstić information content (AvgIpc) is 2.70. The molecule has 2 aromatic rings. The Balaban J connectivity index is 2.46. The van der Waals surface area contributed by atoms with E-state index in [0.717, 1.165) is 22.9 Å². The zero-order chi connectivity index (χ0) is 12.4. The Bertz CT molecular complexity index is 543. The van der Waals surface area contributed by atoms with E-state index in [4.69, 9.17) is 10.5 Å². The van der Waals surface area contributed by atoms with Gasteiger partial charge < -0.3 is 15.5 Å². The third-order valence-electron chi connectivity index (χ3n) is 2.73. The van der Waals surface area contributed by atoms with Crippen molar-refractivity contribution >= 4 is 16.9 Å². The molecule has 1 aromatic carbocycles. The van der Waals surface area contributed by atoms with Gasteiger partial charge in [-0.1, -0.05) is 0 Å². The van der Waals surface area contributed by atoms with Crippen LogP contribution in [0.5, 0.6) is 0 Å². The zero-order valence-electron chi connectivity index (χ0n) is 9.99. The minimum absolute atomic E-state index is 0.0933. The van der Waals surface area contributed by atoms with Gasteiger partial charge in [0.15, 0.2) is 0 Å². The van der Waals surface area contributed by atoms with Gasteiger partial charge >= 0.3 is 5.97 Å². The molecule has 4 nitrogen and oxygen atoms in total. The van der Waals surface area contributed by atoms with Crippen LogP contribution in [0.4, 0.5) is 0 Å². The molecule has 0 amide bonds. The molecule has 1 aromatic heterocycles. The molecule has 0 aliphatic rings. The summed E-state index contributed by atoms with van der Waals surface area (Å²) in [6.07, 6.45) is 2.72. The van der Waals surface area contributed by atoms with E-state index in [2.05, 4.69) is 4.98 Å². The molecule has 0 radical (unpaired) electrons. The maximum absolute atomic E-state index is 11.5. The van der Waals surface area contributed by atoms with E-state index >= 15 is 0 Å². The maximum Gasteiger partial charge on any atom is 0.337 e. The molecule has 0 spiro atoms. The normalized spacial score (nSPS) is 12.6. The molecule has 1 unspecified atom stereocenters. The third-order valence-corrected chi connectivity index (χ3v) is 2.73. The SMILES string of the molecule is COC(=O)c1ccc2[nH]cc(CC(C)N)c2c1. The minimum atomic E-state index is -0.320. The van der Waals surface area contributed by atoms with Crippen LogP contribution < -0.4 is 5.73 Å². The fourth-order valence-corrected chi connectivity index (χ4v) is 1.94. The minimum Gasteiger partial charge on any atom is -0.465 e. The lowest BCUT2D eigenvalue weighted by Crippen LogP contribution is -2.17. The van der Waals surface area contributed by atoms with Crippen molar-refractivity contribution < 1.29 is 9.53 Å². The predicted octanol–water partition coefficient (Wildman–Crippen LogP) is 1.84. The lowest BCUT2D eigenvalue weighted by atomic mass is 10.0. The number of carbonyl (C=O) groups is 1. The number of nitrogens with two attached hydrogens (primary N) is 1. The Labute approximate surface area is 99.8 Å². The topological polar surface area (TPSA) is 68.1 Å². The van der Waals surface area contributed by atoms with Crippen molar-refractivity contribution in [1.82, 2.24) is 4.98 Å². The second kappa shape index (κ2) is 4.59. The highest BCUT2D eigenvalue weighted by molar-refractivity contribution is 5.95. The number of hydrogen-bond donors (Lipinski definition) is 2. The van der Waals surface area contributed by atoms with Crippen molar-refractivity contribution in [3.05, 3.63) is 35.5 Å². The molecule has 0 aliphatic carbocycles. The van der Waals surface area contributed by atoms with E-state index in [0.29, 0.717) is 5.56 Å². The van der Waals surface area contributed by atoms with Crippen LogP contribution in [-0.4, -0.2) is 24.1 Å². The van der Waals surface area contributed by atoms with Gasteiger partial charge in [-0.3, -0.25) is 0 Å². The van der Waals surface area contributed by atoms with E-state index in [-0.39, 0.29) is 12.0 Å². The summed E-state index contributed by atoms with van der Waals surface area (Å²) in [7, 11) is 1.38. The summed E-state index contributed by atoms with van der Waals surface area (Å²) in [6.45, 7) is 1.96. The first-order chi connectivity index (χ1) is 8.11. The Hall–Kier alpha value is -1.81. The number of rotatable bonds is 3. The van der Waals surface area contributed by atoms with Gasteiger partial charge in [0.25, 0.3) is 0 Å². The predicted molar refractivity (Wildman–Crippen MR) is 67.0 cm³/mol. The van der Waals surface area contributed by atoms with Crippen molar-refractivity contribution in [3.8, 4) is 0 Å². The van der Waals surface area contributed by atoms with Gasteiger partial charge in [0.05, 0.1) is 12.7 Å². The van der Waals surface area contributed by atoms with Gasteiger partial charge in [-0.2, -0.15) is 0 Å². The first kappa shape index (κ1) is 11.7. The van der Waals surface area contributed by atoms with Crippen LogP contribution in [0, 0.1) is 0 Å².